The number of fused-ring (bicyclic) bond motifs is 1. The van der Waals surface area contributed by atoms with Crippen LogP contribution in [0.1, 0.15) is 31.7 Å². The molecule has 0 spiro atoms. The third kappa shape index (κ3) is 5.01. The zero-order chi connectivity index (χ0) is 15.3. The van der Waals surface area contributed by atoms with Gasteiger partial charge in [-0.05, 0) is 31.4 Å². The number of nitrogens with zero attached hydrogens (tertiary/aromatic N) is 1. The summed E-state index contributed by atoms with van der Waals surface area (Å²) in [6.45, 7) is 2.52. The van der Waals surface area contributed by atoms with E-state index < -0.39 is 12.6 Å². The molecule has 2 rings (SSSR count). The molecule has 5 heteroatoms. The first-order chi connectivity index (χ1) is 9.96. The van der Waals surface area contributed by atoms with Crippen LogP contribution in [0.3, 0.4) is 0 Å². The van der Waals surface area contributed by atoms with Crippen molar-refractivity contribution in [2.45, 2.75) is 44.9 Å². The third-order valence-electron chi connectivity index (χ3n) is 3.45. The van der Waals surface area contributed by atoms with Gasteiger partial charge >= 0.3 is 6.18 Å². The van der Waals surface area contributed by atoms with Gasteiger partial charge in [0.15, 0.2) is 0 Å². The molecule has 0 aliphatic carbocycles. The van der Waals surface area contributed by atoms with Crippen molar-refractivity contribution in [2.24, 2.45) is 0 Å². The Morgan fingerprint density at radius 3 is 2.71 bits per heavy atom. The molecule has 0 saturated carbocycles. The van der Waals surface area contributed by atoms with Gasteiger partial charge in [0.05, 0.1) is 5.52 Å². The van der Waals surface area contributed by atoms with Gasteiger partial charge in [-0.15, -0.1) is 0 Å². The van der Waals surface area contributed by atoms with Crippen LogP contribution in [0.25, 0.3) is 10.9 Å². The Labute approximate surface area is 122 Å². The lowest BCUT2D eigenvalue weighted by atomic mass is 10.1. The molecule has 21 heavy (non-hydrogen) atoms. The van der Waals surface area contributed by atoms with Crippen LogP contribution in [-0.2, 0) is 6.54 Å². The third-order valence-corrected chi connectivity index (χ3v) is 3.45. The second-order valence-corrected chi connectivity index (χ2v) is 5.28. The summed E-state index contributed by atoms with van der Waals surface area (Å²) in [6, 6.07) is 9.89. The molecule has 114 valence electrons. The first-order valence-electron chi connectivity index (χ1n) is 7.08. The predicted octanol–water partition coefficient (Wildman–Crippen LogP) is 4.45. The normalized spacial score (nSPS) is 13.5. The fourth-order valence-electron chi connectivity index (χ4n) is 2.30. The highest BCUT2D eigenvalue weighted by Crippen LogP contribution is 2.22. The predicted molar refractivity (Wildman–Crippen MR) is 78.0 cm³/mol. The van der Waals surface area contributed by atoms with Crippen molar-refractivity contribution < 1.29 is 13.2 Å². The molecule has 2 nitrogen and oxygen atoms in total. The van der Waals surface area contributed by atoms with Gasteiger partial charge in [0, 0.05) is 30.6 Å². The molecule has 1 unspecified atom stereocenters. The van der Waals surface area contributed by atoms with Crippen LogP contribution in [-0.4, -0.2) is 17.2 Å². The Bertz CT molecular complexity index is 576. The SMILES string of the molecule is CC(CCCC(F)(F)F)NCc1cccc2cccnc12. The average Bonchev–Trinajstić information content (AvgIpc) is 2.43. The molecular weight excluding hydrogens is 277 g/mol. The van der Waals surface area contributed by atoms with Crippen LogP contribution in [0, 0.1) is 0 Å². The second-order valence-electron chi connectivity index (χ2n) is 5.28. The Balaban J connectivity index is 1.87. The maximum atomic E-state index is 12.1. The minimum atomic E-state index is -4.06. The van der Waals surface area contributed by atoms with Crippen LogP contribution in [0.4, 0.5) is 13.2 Å². The second kappa shape index (κ2) is 6.89. The van der Waals surface area contributed by atoms with Crippen LogP contribution >= 0.6 is 0 Å². The number of aromatic nitrogens is 1. The summed E-state index contributed by atoms with van der Waals surface area (Å²) in [6.07, 6.45) is -2.35. The van der Waals surface area contributed by atoms with Gasteiger partial charge in [-0.2, -0.15) is 13.2 Å². The standard InChI is InChI=1S/C16H19F3N2/c1-12(5-3-9-16(17,18)19)21-11-14-7-2-6-13-8-4-10-20-15(13)14/h2,4,6-8,10,12,21H,3,5,9,11H2,1H3. The lowest BCUT2D eigenvalue weighted by Crippen LogP contribution is -2.26. The monoisotopic (exact) mass is 296 g/mol. The van der Waals surface area contributed by atoms with E-state index in [0.717, 1.165) is 16.5 Å². The molecule has 0 amide bonds. The molecule has 0 bridgehead atoms. The molecule has 1 heterocycles. The molecule has 1 aromatic heterocycles. The molecular formula is C16H19F3N2. The van der Waals surface area contributed by atoms with Crippen molar-refractivity contribution in [3.63, 3.8) is 0 Å². The summed E-state index contributed by atoms with van der Waals surface area (Å²) in [5.41, 5.74) is 2.01. The molecule has 0 fully saturated rings. The van der Waals surface area contributed by atoms with E-state index >= 15 is 0 Å². The Morgan fingerprint density at radius 2 is 1.95 bits per heavy atom. The highest BCUT2D eigenvalue weighted by atomic mass is 19.4. The molecule has 1 atom stereocenters. The number of hydrogen-bond acceptors (Lipinski definition) is 2. The van der Waals surface area contributed by atoms with Crippen molar-refractivity contribution in [1.29, 1.82) is 0 Å². The summed E-state index contributed by atoms with van der Waals surface area (Å²) in [5, 5.41) is 4.34. The van der Waals surface area contributed by atoms with Gasteiger partial charge in [0.2, 0.25) is 0 Å². The fourth-order valence-corrected chi connectivity index (χ4v) is 2.30. The summed E-state index contributed by atoms with van der Waals surface area (Å²) >= 11 is 0. The minimum absolute atomic E-state index is 0.0475. The Hall–Kier alpha value is -1.62. The number of para-hydroxylation sites is 1. The topological polar surface area (TPSA) is 24.9 Å². The summed E-state index contributed by atoms with van der Waals surface area (Å²) < 4.78 is 36.3. The van der Waals surface area contributed by atoms with Crippen molar-refractivity contribution in [2.75, 3.05) is 0 Å². The molecule has 0 aliphatic heterocycles. The molecule has 0 aliphatic rings. The number of nitrogens with one attached hydrogen (secondary N) is 1. The van der Waals surface area contributed by atoms with E-state index in [1.807, 2.05) is 37.3 Å². The van der Waals surface area contributed by atoms with E-state index in [2.05, 4.69) is 10.3 Å². The van der Waals surface area contributed by atoms with Crippen LogP contribution in [0.5, 0.6) is 0 Å². The molecule has 0 radical (unpaired) electrons. The Kier molecular flexibility index (Phi) is 5.17. The summed E-state index contributed by atoms with van der Waals surface area (Å²) in [7, 11) is 0. The van der Waals surface area contributed by atoms with Gasteiger partial charge < -0.3 is 5.32 Å². The zero-order valence-electron chi connectivity index (χ0n) is 12.0. The largest absolute Gasteiger partial charge is 0.389 e. The van der Waals surface area contributed by atoms with Crippen LogP contribution < -0.4 is 5.32 Å². The molecule has 1 N–H and O–H groups in total. The lowest BCUT2D eigenvalue weighted by Gasteiger charge is -2.15. The van der Waals surface area contributed by atoms with Crippen molar-refractivity contribution in [3.05, 3.63) is 42.1 Å². The Morgan fingerprint density at radius 1 is 1.19 bits per heavy atom. The quantitative estimate of drug-likeness (QED) is 0.852. The summed E-state index contributed by atoms with van der Waals surface area (Å²) in [5.74, 6) is 0. The highest BCUT2D eigenvalue weighted by molar-refractivity contribution is 5.81. The summed E-state index contributed by atoms with van der Waals surface area (Å²) in [4.78, 5) is 4.36. The van der Waals surface area contributed by atoms with E-state index in [9.17, 15) is 13.2 Å². The number of alkyl halides is 3. The zero-order valence-corrected chi connectivity index (χ0v) is 12.0. The maximum absolute atomic E-state index is 12.1. The number of halogens is 3. The van der Waals surface area contributed by atoms with Gasteiger partial charge in [-0.1, -0.05) is 24.3 Å². The van der Waals surface area contributed by atoms with Crippen molar-refractivity contribution in [3.8, 4) is 0 Å². The van der Waals surface area contributed by atoms with E-state index in [4.69, 9.17) is 0 Å². The fraction of sp³-hybridized carbons (Fsp3) is 0.438. The minimum Gasteiger partial charge on any atom is -0.310 e. The van der Waals surface area contributed by atoms with Gasteiger partial charge in [0.25, 0.3) is 0 Å². The van der Waals surface area contributed by atoms with Gasteiger partial charge in [-0.25, -0.2) is 0 Å². The van der Waals surface area contributed by atoms with Crippen LogP contribution in [0.15, 0.2) is 36.5 Å². The van der Waals surface area contributed by atoms with Crippen LogP contribution in [0.2, 0.25) is 0 Å². The molecule has 1 aromatic carbocycles. The highest BCUT2D eigenvalue weighted by Gasteiger charge is 2.26. The van der Waals surface area contributed by atoms with E-state index in [-0.39, 0.29) is 12.5 Å². The van der Waals surface area contributed by atoms with Crippen molar-refractivity contribution in [1.82, 2.24) is 10.3 Å². The average molecular weight is 296 g/mol. The number of benzene rings is 1. The number of hydrogen-bond donors (Lipinski definition) is 1. The first-order valence-corrected chi connectivity index (χ1v) is 7.08. The van der Waals surface area contributed by atoms with E-state index in [1.165, 1.54) is 0 Å². The number of rotatable bonds is 6. The van der Waals surface area contributed by atoms with Gasteiger partial charge in [0.1, 0.15) is 0 Å². The number of pyridine rings is 1. The van der Waals surface area contributed by atoms with Crippen molar-refractivity contribution >= 4 is 10.9 Å². The first kappa shape index (κ1) is 15.8. The van der Waals surface area contributed by atoms with Gasteiger partial charge in [-0.3, -0.25) is 4.98 Å². The maximum Gasteiger partial charge on any atom is 0.389 e. The van der Waals surface area contributed by atoms with E-state index in [1.54, 1.807) is 6.20 Å². The lowest BCUT2D eigenvalue weighted by molar-refractivity contribution is -0.135. The van der Waals surface area contributed by atoms with E-state index in [0.29, 0.717) is 13.0 Å². The molecule has 0 saturated heterocycles. The molecule has 2 aromatic rings. The smallest absolute Gasteiger partial charge is 0.310 e.